The summed E-state index contributed by atoms with van der Waals surface area (Å²) >= 11 is 3.42. The molecule has 2 N–H and O–H groups in total. The van der Waals surface area contributed by atoms with E-state index in [-0.39, 0.29) is 23.9 Å². The highest BCUT2D eigenvalue weighted by Gasteiger charge is 2.50. The van der Waals surface area contributed by atoms with Crippen LogP contribution in [0.5, 0.6) is 0 Å². The van der Waals surface area contributed by atoms with Crippen molar-refractivity contribution >= 4 is 27.7 Å². The van der Waals surface area contributed by atoms with Crippen LogP contribution in [0.2, 0.25) is 0 Å². The molecule has 2 aliphatic rings. The van der Waals surface area contributed by atoms with Crippen molar-refractivity contribution in [1.29, 1.82) is 0 Å². The molecular weight excluding hydrogens is 435 g/mol. The number of carbonyl (C=O) groups excluding carboxylic acids is 1. The Hall–Kier alpha value is -2.34. The lowest BCUT2D eigenvalue weighted by Crippen LogP contribution is -2.45. The number of anilines is 1. The van der Waals surface area contributed by atoms with Crippen molar-refractivity contribution in [2.24, 2.45) is 0 Å². The molecule has 29 heavy (non-hydrogen) atoms. The maximum atomic E-state index is 14.6. The predicted molar refractivity (Wildman–Crippen MR) is 115 cm³/mol. The first-order valence-electron chi connectivity index (χ1n) is 9.89. The van der Waals surface area contributed by atoms with Gasteiger partial charge in [-0.2, -0.15) is 0 Å². The molecule has 4 nitrogen and oxygen atoms in total. The number of halogens is 2. The van der Waals surface area contributed by atoms with E-state index in [0.717, 1.165) is 36.0 Å². The van der Waals surface area contributed by atoms with Gasteiger partial charge in [0.1, 0.15) is 12.4 Å². The van der Waals surface area contributed by atoms with Gasteiger partial charge in [-0.05, 0) is 48.9 Å². The van der Waals surface area contributed by atoms with Crippen molar-refractivity contribution in [3.8, 4) is 0 Å². The molecule has 0 saturated heterocycles. The average Bonchev–Trinajstić information content (AvgIpc) is 3.03. The van der Waals surface area contributed by atoms with Crippen molar-refractivity contribution in [1.82, 2.24) is 5.32 Å². The maximum Gasteiger partial charge on any atom is 0.407 e. The molecule has 0 bridgehead atoms. The number of rotatable bonds is 5. The number of amides is 1. The summed E-state index contributed by atoms with van der Waals surface area (Å²) in [4.78, 5) is 12.1. The summed E-state index contributed by atoms with van der Waals surface area (Å²) in [6.45, 7) is 5.00. The lowest BCUT2D eigenvalue weighted by Gasteiger charge is -2.42. The van der Waals surface area contributed by atoms with Gasteiger partial charge < -0.3 is 15.4 Å². The minimum Gasteiger partial charge on any atom is -0.445 e. The molecule has 0 aromatic heterocycles. The van der Waals surface area contributed by atoms with Crippen LogP contribution in [-0.2, 0) is 16.8 Å². The van der Waals surface area contributed by atoms with Gasteiger partial charge >= 0.3 is 6.09 Å². The van der Waals surface area contributed by atoms with E-state index < -0.39 is 6.09 Å². The topological polar surface area (TPSA) is 50.4 Å². The summed E-state index contributed by atoms with van der Waals surface area (Å²) in [5.74, 6) is -0.258. The van der Waals surface area contributed by atoms with Crippen LogP contribution in [0.25, 0.3) is 0 Å². The molecule has 1 aliphatic carbocycles. The Kier molecular flexibility index (Phi) is 5.63. The Morgan fingerprint density at radius 2 is 2.14 bits per heavy atom. The number of alkyl carbamates (subject to hydrolysis) is 1. The molecule has 2 atom stereocenters. The van der Waals surface area contributed by atoms with Gasteiger partial charge in [-0.3, -0.25) is 0 Å². The number of benzene rings is 2. The maximum absolute atomic E-state index is 14.6. The quantitative estimate of drug-likeness (QED) is 0.566. The highest BCUT2D eigenvalue weighted by Crippen LogP contribution is 2.54. The lowest BCUT2D eigenvalue weighted by molar-refractivity contribution is 0.138. The molecule has 1 heterocycles. The minimum atomic E-state index is -0.449. The molecular formula is C23H24BrFN2O2. The largest absolute Gasteiger partial charge is 0.445 e. The summed E-state index contributed by atoms with van der Waals surface area (Å²) in [6, 6.07) is 13.1. The van der Waals surface area contributed by atoms with Crippen LogP contribution in [0.3, 0.4) is 0 Å². The van der Waals surface area contributed by atoms with Gasteiger partial charge in [0.05, 0.1) is 5.69 Å². The second kappa shape index (κ2) is 8.19. The van der Waals surface area contributed by atoms with Crippen molar-refractivity contribution in [2.75, 3.05) is 11.9 Å². The van der Waals surface area contributed by atoms with Crippen LogP contribution in [0.4, 0.5) is 14.9 Å². The number of fused-ring (bicyclic) bond motifs is 3. The standard InChI is InChI=1S/C23H24BrFN2O2/c1-15-6-5-9-20-23(15,18-12-17(24)13-19(25)21(18)27-20)10-11-26-22(28)29-14-16-7-3-2-4-8-16/h2-4,7-8,12-13,20,27H,1,5-6,9-11,14H2,(H,26,28). The Labute approximate surface area is 178 Å². The first kappa shape index (κ1) is 20.0. The molecule has 0 spiro atoms. The highest BCUT2D eigenvalue weighted by atomic mass is 79.9. The zero-order valence-electron chi connectivity index (χ0n) is 16.1. The van der Waals surface area contributed by atoms with E-state index in [9.17, 15) is 9.18 Å². The normalized spacial score (nSPS) is 22.4. The molecule has 0 radical (unpaired) electrons. The van der Waals surface area contributed by atoms with Crippen molar-refractivity contribution in [3.63, 3.8) is 0 Å². The van der Waals surface area contributed by atoms with Crippen molar-refractivity contribution in [2.45, 2.75) is 43.7 Å². The third-order valence-corrected chi connectivity index (χ3v) is 6.51. The third-order valence-electron chi connectivity index (χ3n) is 6.05. The highest BCUT2D eigenvalue weighted by molar-refractivity contribution is 9.10. The van der Waals surface area contributed by atoms with Gasteiger partial charge in [0.15, 0.2) is 0 Å². The number of hydrogen-bond acceptors (Lipinski definition) is 3. The van der Waals surface area contributed by atoms with Crippen LogP contribution < -0.4 is 10.6 Å². The second-order valence-electron chi connectivity index (χ2n) is 7.71. The molecule has 1 aliphatic heterocycles. The molecule has 2 unspecified atom stereocenters. The van der Waals surface area contributed by atoms with E-state index in [1.807, 2.05) is 36.4 Å². The average molecular weight is 459 g/mol. The van der Waals surface area contributed by atoms with E-state index in [4.69, 9.17) is 4.74 Å². The SMILES string of the molecule is C=C1CCCC2Nc3c(F)cc(Br)cc3C12CCNC(=O)OCc1ccccc1. The zero-order valence-corrected chi connectivity index (χ0v) is 17.7. The van der Waals surface area contributed by atoms with Gasteiger partial charge in [-0.1, -0.05) is 58.4 Å². The summed E-state index contributed by atoms with van der Waals surface area (Å²) in [6.07, 6.45) is 3.08. The fourth-order valence-electron chi connectivity index (χ4n) is 4.68. The summed E-state index contributed by atoms with van der Waals surface area (Å²) in [5, 5.41) is 6.24. The fraction of sp³-hybridized carbons (Fsp3) is 0.348. The van der Waals surface area contributed by atoms with E-state index >= 15 is 0 Å². The molecule has 2 aromatic carbocycles. The number of hydrogen-bond donors (Lipinski definition) is 2. The Morgan fingerprint density at radius 3 is 2.93 bits per heavy atom. The van der Waals surface area contributed by atoms with E-state index in [2.05, 4.69) is 33.1 Å². The van der Waals surface area contributed by atoms with Crippen LogP contribution >= 0.6 is 15.9 Å². The smallest absolute Gasteiger partial charge is 0.407 e. The van der Waals surface area contributed by atoms with E-state index in [1.54, 1.807) is 0 Å². The summed E-state index contributed by atoms with van der Waals surface area (Å²) in [5.41, 5.74) is 3.14. The molecule has 2 aromatic rings. The summed E-state index contributed by atoms with van der Waals surface area (Å²) < 4.78 is 20.6. The van der Waals surface area contributed by atoms with Crippen LogP contribution in [-0.4, -0.2) is 18.7 Å². The number of ether oxygens (including phenoxy) is 1. The first-order valence-corrected chi connectivity index (χ1v) is 10.7. The van der Waals surface area contributed by atoms with Gasteiger partial charge in [-0.15, -0.1) is 0 Å². The lowest BCUT2D eigenvalue weighted by atomic mass is 9.63. The monoisotopic (exact) mass is 458 g/mol. The van der Waals surface area contributed by atoms with E-state index in [0.29, 0.717) is 23.1 Å². The van der Waals surface area contributed by atoms with Crippen molar-refractivity contribution < 1.29 is 13.9 Å². The van der Waals surface area contributed by atoms with Gasteiger partial charge in [0.2, 0.25) is 0 Å². The Bertz CT molecular complexity index is 934. The second-order valence-corrected chi connectivity index (χ2v) is 8.63. The Balaban J connectivity index is 1.46. The molecule has 152 valence electrons. The third kappa shape index (κ3) is 3.78. The van der Waals surface area contributed by atoms with Crippen LogP contribution in [0, 0.1) is 5.82 Å². The van der Waals surface area contributed by atoms with Gasteiger partial charge in [-0.25, -0.2) is 9.18 Å². The predicted octanol–water partition coefficient (Wildman–Crippen LogP) is 5.68. The number of nitrogens with one attached hydrogen (secondary N) is 2. The molecule has 4 rings (SSSR count). The Morgan fingerprint density at radius 1 is 1.34 bits per heavy atom. The van der Waals surface area contributed by atoms with Crippen molar-refractivity contribution in [3.05, 3.63) is 76.0 Å². The van der Waals surface area contributed by atoms with Crippen LogP contribution in [0.15, 0.2) is 59.1 Å². The molecule has 1 saturated carbocycles. The first-order chi connectivity index (χ1) is 14.0. The minimum absolute atomic E-state index is 0.0877. The van der Waals surface area contributed by atoms with Gasteiger partial charge in [0.25, 0.3) is 0 Å². The molecule has 6 heteroatoms. The molecule has 1 fully saturated rings. The number of carbonyl (C=O) groups is 1. The fourth-order valence-corrected chi connectivity index (χ4v) is 5.11. The summed E-state index contributed by atoms with van der Waals surface area (Å²) in [7, 11) is 0. The molecule has 1 amide bonds. The zero-order chi connectivity index (χ0) is 20.4. The van der Waals surface area contributed by atoms with Crippen LogP contribution in [0.1, 0.15) is 36.8 Å². The van der Waals surface area contributed by atoms with E-state index in [1.165, 1.54) is 6.07 Å². The van der Waals surface area contributed by atoms with Gasteiger partial charge in [0, 0.05) is 22.5 Å².